The van der Waals surface area contributed by atoms with Crippen molar-refractivity contribution in [2.24, 2.45) is 5.73 Å². The van der Waals surface area contributed by atoms with Gasteiger partial charge in [0, 0.05) is 12.7 Å². The number of nitrogens with zero attached hydrogens (tertiary/aromatic N) is 2. The van der Waals surface area contributed by atoms with Crippen LogP contribution in [0, 0.1) is 0 Å². The normalized spacial score (nSPS) is 10.8. The summed E-state index contributed by atoms with van der Waals surface area (Å²) < 4.78 is 5.31. The van der Waals surface area contributed by atoms with E-state index in [2.05, 4.69) is 9.88 Å². The molecule has 0 unspecified atom stereocenters. The Kier molecular flexibility index (Phi) is 4.07. The van der Waals surface area contributed by atoms with Crippen molar-refractivity contribution in [1.29, 1.82) is 0 Å². The van der Waals surface area contributed by atoms with E-state index in [0.717, 1.165) is 24.4 Å². The minimum Gasteiger partial charge on any atom is -0.468 e. The van der Waals surface area contributed by atoms with Gasteiger partial charge in [-0.1, -0.05) is 18.3 Å². The Morgan fingerprint density at radius 3 is 2.89 bits per heavy atom. The first-order valence-corrected chi connectivity index (χ1v) is 6.02. The van der Waals surface area contributed by atoms with Gasteiger partial charge in [0.1, 0.15) is 16.4 Å². The van der Waals surface area contributed by atoms with Crippen LogP contribution in [0.1, 0.15) is 17.0 Å². The van der Waals surface area contributed by atoms with Crippen LogP contribution in [-0.2, 0) is 13.1 Å². The summed E-state index contributed by atoms with van der Waals surface area (Å²) >= 11 is 5.00. The molecule has 0 amide bonds. The van der Waals surface area contributed by atoms with Crippen molar-refractivity contribution in [3.8, 4) is 0 Å². The topological polar surface area (TPSA) is 55.3 Å². The Bertz CT molecular complexity index is 525. The summed E-state index contributed by atoms with van der Waals surface area (Å²) in [5.41, 5.74) is 7.38. The van der Waals surface area contributed by atoms with Crippen LogP contribution in [0.3, 0.4) is 0 Å². The van der Waals surface area contributed by atoms with Crippen molar-refractivity contribution in [2.75, 3.05) is 7.05 Å². The molecule has 0 saturated carbocycles. The standard InChI is InChI=1S/C13H15N3OS/c1-16(9-11-5-3-7-17-11)8-10-4-2-6-15-12(10)13(14)18/h2-7H,8-9H2,1H3,(H2,14,18). The molecule has 0 atom stereocenters. The molecule has 4 nitrogen and oxygen atoms in total. The van der Waals surface area contributed by atoms with E-state index in [1.54, 1.807) is 12.5 Å². The van der Waals surface area contributed by atoms with E-state index in [-0.39, 0.29) is 0 Å². The molecule has 5 heteroatoms. The molecule has 2 aromatic rings. The van der Waals surface area contributed by atoms with Crippen LogP contribution in [0.25, 0.3) is 0 Å². The zero-order valence-electron chi connectivity index (χ0n) is 10.2. The molecular formula is C13H15N3OS. The maximum Gasteiger partial charge on any atom is 0.123 e. The van der Waals surface area contributed by atoms with Gasteiger partial charge in [-0.3, -0.25) is 9.88 Å². The van der Waals surface area contributed by atoms with E-state index in [9.17, 15) is 0 Å². The average molecular weight is 261 g/mol. The minimum atomic E-state index is 0.331. The van der Waals surface area contributed by atoms with Gasteiger partial charge in [-0.15, -0.1) is 0 Å². The highest BCUT2D eigenvalue weighted by Crippen LogP contribution is 2.11. The Morgan fingerprint density at radius 2 is 2.22 bits per heavy atom. The van der Waals surface area contributed by atoms with Crippen LogP contribution < -0.4 is 5.73 Å². The monoisotopic (exact) mass is 261 g/mol. The lowest BCUT2D eigenvalue weighted by atomic mass is 10.2. The van der Waals surface area contributed by atoms with Gasteiger partial charge in [-0.2, -0.15) is 0 Å². The van der Waals surface area contributed by atoms with Crippen LogP contribution in [0.5, 0.6) is 0 Å². The molecule has 0 aliphatic carbocycles. The van der Waals surface area contributed by atoms with Gasteiger partial charge in [0.05, 0.1) is 12.8 Å². The molecule has 2 heterocycles. The fourth-order valence-electron chi connectivity index (χ4n) is 1.80. The molecule has 0 saturated heterocycles. The Labute approximate surface area is 111 Å². The van der Waals surface area contributed by atoms with E-state index < -0.39 is 0 Å². The van der Waals surface area contributed by atoms with Crippen molar-refractivity contribution in [1.82, 2.24) is 9.88 Å². The molecule has 2 rings (SSSR count). The molecule has 18 heavy (non-hydrogen) atoms. The number of thiocarbonyl (C=S) groups is 1. The van der Waals surface area contributed by atoms with Crippen LogP contribution in [0.15, 0.2) is 41.1 Å². The molecule has 0 spiro atoms. The molecule has 0 aliphatic rings. The third-order valence-corrected chi connectivity index (χ3v) is 2.76. The van der Waals surface area contributed by atoms with Gasteiger partial charge in [-0.25, -0.2) is 0 Å². The number of pyridine rings is 1. The highest BCUT2D eigenvalue weighted by atomic mass is 32.1. The first kappa shape index (κ1) is 12.7. The average Bonchev–Trinajstić information content (AvgIpc) is 2.82. The third-order valence-electron chi connectivity index (χ3n) is 2.57. The van der Waals surface area contributed by atoms with E-state index in [1.165, 1.54) is 0 Å². The van der Waals surface area contributed by atoms with Crippen LogP contribution in [0.2, 0.25) is 0 Å². The molecule has 94 valence electrons. The van der Waals surface area contributed by atoms with Gasteiger partial charge in [0.15, 0.2) is 0 Å². The molecule has 0 bridgehead atoms. The zero-order valence-corrected chi connectivity index (χ0v) is 11.0. The summed E-state index contributed by atoms with van der Waals surface area (Å²) in [6.07, 6.45) is 3.37. The molecule has 0 fully saturated rings. The lowest BCUT2D eigenvalue weighted by molar-refractivity contribution is 0.287. The quantitative estimate of drug-likeness (QED) is 0.834. The van der Waals surface area contributed by atoms with Gasteiger partial charge >= 0.3 is 0 Å². The summed E-state index contributed by atoms with van der Waals surface area (Å²) in [6.45, 7) is 1.46. The molecule has 0 radical (unpaired) electrons. The van der Waals surface area contributed by atoms with Gasteiger partial charge in [-0.05, 0) is 30.8 Å². The van der Waals surface area contributed by atoms with Gasteiger partial charge in [0.2, 0.25) is 0 Å². The van der Waals surface area contributed by atoms with E-state index >= 15 is 0 Å². The van der Waals surface area contributed by atoms with Crippen LogP contribution in [0.4, 0.5) is 0 Å². The Morgan fingerprint density at radius 1 is 1.39 bits per heavy atom. The lowest BCUT2D eigenvalue weighted by Crippen LogP contribution is -2.21. The first-order valence-electron chi connectivity index (χ1n) is 5.61. The molecule has 2 aromatic heterocycles. The van der Waals surface area contributed by atoms with E-state index in [4.69, 9.17) is 22.4 Å². The molecular weight excluding hydrogens is 246 g/mol. The lowest BCUT2D eigenvalue weighted by Gasteiger charge is -2.16. The number of hydrogen-bond donors (Lipinski definition) is 1. The molecule has 0 aliphatic heterocycles. The smallest absolute Gasteiger partial charge is 0.123 e. The maximum atomic E-state index is 5.66. The second-order valence-corrected chi connectivity index (χ2v) is 4.57. The van der Waals surface area contributed by atoms with Gasteiger partial charge < -0.3 is 10.2 Å². The Hall–Kier alpha value is -1.72. The Balaban J connectivity index is 2.07. The highest BCUT2D eigenvalue weighted by Gasteiger charge is 2.09. The van der Waals surface area contributed by atoms with Crippen molar-refractivity contribution in [3.63, 3.8) is 0 Å². The van der Waals surface area contributed by atoms with Crippen molar-refractivity contribution in [2.45, 2.75) is 13.1 Å². The second-order valence-electron chi connectivity index (χ2n) is 4.13. The predicted octanol–water partition coefficient (Wildman–Crippen LogP) is 1.94. The summed E-state index contributed by atoms with van der Waals surface area (Å²) in [5.74, 6) is 0.929. The SMILES string of the molecule is CN(Cc1ccco1)Cc1cccnc1C(N)=S. The van der Waals surface area contributed by atoms with Crippen LogP contribution >= 0.6 is 12.2 Å². The minimum absolute atomic E-state index is 0.331. The van der Waals surface area contributed by atoms with Crippen molar-refractivity contribution in [3.05, 3.63) is 53.7 Å². The summed E-state index contributed by atoms with van der Waals surface area (Å²) in [5, 5.41) is 0. The van der Waals surface area contributed by atoms with Crippen molar-refractivity contribution >= 4 is 17.2 Å². The first-order chi connectivity index (χ1) is 8.66. The number of hydrogen-bond acceptors (Lipinski definition) is 4. The fourth-order valence-corrected chi connectivity index (χ4v) is 1.99. The van der Waals surface area contributed by atoms with E-state index in [1.807, 2.05) is 31.3 Å². The van der Waals surface area contributed by atoms with E-state index in [0.29, 0.717) is 10.7 Å². The number of furan rings is 1. The third kappa shape index (κ3) is 3.15. The summed E-state index contributed by atoms with van der Waals surface area (Å²) in [7, 11) is 2.01. The number of aromatic nitrogens is 1. The molecule has 0 aromatic carbocycles. The van der Waals surface area contributed by atoms with Gasteiger partial charge in [0.25, 0.3) is 0 Å². The fraction of sp³-hybridized carbons (Fsp3) is 0.231. The zero-order chi connectivity index (χ0) is 13.0. The molecule has 2 N–H and O–H groups in total. The maximum absolute atomic E-state index is 5.66. The number of nitrogens with two attached hydrogens (primary N) is 1. The summed E-state index contributed by atoms with van der Waals surface area (Å²) in [4.78, 5) is 6.67. The predicted molar refractivity (Wildman–Crippen MR) is 74.0 cm³/mol. The second kappa shape index (κ2) is 5.75. The largest absolute Gasteiger partial charge is 0.468 e. The highest BCUT2D eigenvalue weighted by molar-refractivity contribution is 7.80. The number of rotatable bonds is 5. The van der Waals surface area contributed by atoms with Crippen molar-refractivity contribution < 1.29 is 4.42 Å². The van der Waals surface area contributed by atoms with Crippen LogP contribution in [-0.4, -0.2) is 21.9 Å². The summed E-state index contributed by atoms with van der Waals surface area (Å²) in [6, 6.07) is 7.71.